The molecular formula is C18H21F7O4. The third-order valence-electron chi connectivity index (χ3n) is 6.29. The molecule has 2 atom stereocenters. The van der Waals surface area contributed by atoms with Gasteiger partial charge < -0.3 is 9.47 Å². The minimum atomic E-state index is -5.72. The SMILES string of the molecule is CC(F)(F)C(=O)OC1C2CC3CC1CC(C(=O)OCCC(F)(F)C(F)(F)F)(C3)C2. The standard InChI is InChI=1S/C18H21F7O4/c1-15(19,20)13(26)29-12-10-4-9-5-11(12)8-16(6-9,7-10)14(27)28-3-2-17(21,22)18(23,24)25/h9-12H,2-8H2,1H3. The van der Waals surface area contributed by atoms with E-state index in [1.807, 2.05) is 0 Å². The van der Waals surface area contributed by atoms with E-state index in [1.165, 1.54) is 0 Å². The van der Waals surface area contributed by atoms with Crippen LogP contribution in [0.5, 0.6) is 0 Å². The molecule has 0 aromatic carbocycles. The molecule has 0 amide bonds. The summed E-state index contributed by atoms with van der Waals surface area (Å²) in [6.45, 7) is -0.644. The molecule has 4 aliphatic carbocycles. The van der Waals surface area contributed by atoms with Crippen LogP contribution in [0.1, 0.15) is 45.4 Å². The Morgan fingerprint density at radius 1 is 0.966 bits per heavy atom. The van der Waals surface area contributed by atoms with Gasteiger partial charge in [0.2, 0.25) is 0 Å². The van der Waals surface area contributed by atoms with Gasteiger partial charge in [-0.3, -0.25) is 4.79 Å². The van der Waals surface area contributed by atoms with E-state index < -0.39 is 54.5 Å². The lowest BCUT2D eigenvalue weighted by Crippen LogP contribution is -2.58. The van der Waals surface area contributed by atoms with Gasteiger partial charge in [-0.05, 0) is 49.9 Å². The van der Waals surface area contributed by atoms with Gasteiger partial charge in [-0.2, -0.15) is 30.7 Å². The summed E-state index contributed by atoms with van der Waals surface area (Å²) < 4.78 is 98.8. The molecule has 0 heterocycles. The Kier molecular flexibility index (Phi) is 5.35. The molecule has 0 aromatic rings. The van der Waals surface area contributed by atoms with Crippen molar-refractivity contribution in [1.82, 2.24) is 0 Å². The van der Waals surface area contributed by atoms with Crippen molar-refractivity contribution in [3.8, 4) is 0 Å². The average molecular weight is 434 g/mol. The van der Waals surface area contributed by atoms with Crippen LogP contribution >= 0.6 is 0 Å². The first-order chi connectivity index (χ1) is 13.1. The number of halogens is 7. The molecule has 4 fully saturated rings. The van der Waals surface area contributed by atoms with Crippen LogP contribution in [0.15, 0.2) is 0 Å². The summed E-state index contributed by atoms with van der Waals surface area (Å²) in [4.78, 5) is 24.1. The van der Waals surface area contributed by atoms with Crippen LogP contribution in [0.4, 0.5) is 30.7 Å². The van der Waals surface area contributed by atoms with E-state index >= 15 is 0 Å². The van der Waals surface area contributed by atoms with Crippen molar-refractivity contribution in [3.05, 3.63) is 0 Å². The first-order valence-corrected chi connectivity index (χ1v) is 9.35. The van der Waals surface area contributed by atoms with Gasteiger partial charge >= 0.3 is 30.0 Å². The maximum atomic E-state index is 13.2. The Morgan fingerprint density at radius 2 is 1.52 bits per heavy atom. The summed E-state index contributed by atoms with van der Waals surface area (Å²) in [5, 5.41) is 0. The molecule has 0 N–H and O–H groups in total. The number of hydrogen-bond acceptors (Lipinski definition) is 4. The predicted octanol–water partition coefficient (Wildman–Crippen LogP) is 4.51. The lowest BCUT2D eigenvalue weighted by molar-refractivity contribution is -0.286. The Bertz CT molecular complexity index is 654. The van der Waals surface area contributed by atoms with Crippen LogP contribution in [0, 0.1) is 23.2 Å². The van der Waals surface area contributed by atoms with Gasteiger partial charge in [0.05, 0.1) is 18.4 Å². The van der Waals surface area contributed by atoms with Crippen molar-refractivity contribution in [2.24, 2.45) is 23.2 Å². The Hall–Kier alpha value is -1.55. The number of hydrogen-bond donors (Lipinski definition) is 0. The molecule has 0 spiro atoms. The third kappa shape index (κ3) is 4.19. The van der Waals surface area contributed by atoms with E-state index in [2.05, 4.69) is 0 Å². The fourth-order valence-electron chi connectivity index (χ4n) is 5.21. The summed E-state index contributed by atoms with van der Waals surface area (Å²) in [6.07, 6.45) is -6.27. The molecule has 0 aliphatic heterocycles. The van der Waals surface area contributed by atoms with Crippen molar-refractivity contribution < 1.29 is 49.8 Å². The number of esters is 2. The normalized spacial score (nSPS) is 34.2. The number of alkyl halides is 7. The van der Waals surface area contributed by atoms with E-state index in [-0.39, 0.29) is 30.6 Å². The van der Waals surface area contributed by atoms with Crippen LogP contribution in [0.2, 0.25) is 0 Å². The molecule has 0 aromatic heterocycles. The highest BCUT2D eigenvalue weighted by Gasteiger charge is 2.61. The lowest BCUT2D eigenvalue weighted by Gasteiger charge is -2.57. The quantitative estimate of drug-likeness (QED) is 0.456. The largest absolute Gasteiger partial charge is 0.465 e. The Labute approximate surface area is 162 Å². The molecule has 0 saturated heterocycles. The molecule has 0 radical (unpaired) electrons. The second-order valence-corrected chi connectivity index (χ2v) is 8.60. The highest BCUT2D eigenvalue weighted by atomic mass is 19.4. The second kappa shape index (κ2) is 7.01. The van der Waals surface area contributed by atoms with Crippen molar-refractivity contribution in [2.75, 3.05) is 6.61 Å². The minimum absolute atomic E-state index is 0.0637. The van der Waals surface area contributed by atoms with E-state index in [0.717, 1.165) is 0 Å². The first-order valence-electron chi connectivity index (χ1n) is 9.35. The summed E-state index contributed by atoms with van der Waals surface area (Å²) in [7, 11) is 0. The molecule has 4 bridgehead atoms. The minimum Gasteiger partial charge on any atom is -0.465 e. The average Bonchev–Trinajstić information content (AvgIpc) is 2.55. The number of ether oxygens (including phenoxy) is 2. The summed E-state index contributed by atoms with van der Waals surface area (Å²) in [6, 6.07) is 0. The Balaban J connectivity index is 1.62. The fraction of sp³-hybridized carbons (Fsp3) is 0.889. The maximum Gasteiger partial charge on any atom is 0.453 e. The zero-order chi connectivity index (χ0) is 21.8. The smallest absolute Gasteiger partial charge is 0.453 e. The molecule has 4 nitrogen and oxygen atoms in total. The van der Waals surface area contributed by atoms with E-state index in [9.17, 15) is 40.3 Å². The van der Waals surface area contributed by atoms with Gasteiger partial charge in [0.15, 0.2) is 0 Å². The number of carbonyl (C=O) groups excluding carboxylic acids is 2. The van der Waals surface area contributed by atoms with Crippen LogP contribution in [0.3, 0.4) is 0 Å². The van der Waals surface area contributed by atoms with Crippen molar-refractivity contribution >= 4 is 11.9 Å². The van der Waals surface area contributed by atoms with Crippen LogP contribution in [0.25, 0.3) is 0 Å². The zero-order valence-electron chi connectivity index (χ0n) is 15.5. The summed E-state index contributed by atoms with van der Waals surface area (Å²) in [5.74, 6) is -11.7. The summed E-state index contributed by atoms with van der Waals surface area (Å²) in [5.41, 5.74) is -1.05. The highest BCUT2D eigenvalue weighted by molar-refractivity contribution is 5.78. The van der Waals surface area contributed by atoms with Gasteiger partial charge in [-0.1, -0.05) is 0 Å². The van der Waals surface area contributed by atoms with Crippen LogP contribution in [-0.2, 0) is 19.1 Å². The molecule has 4 rings (SSSR count). The van der Waals surface area contributed by atoms with Crippen LogP contribution in [-0.4, -0.2) is 42.7 Å². The van der Waals surface area contributed by atoms with E-state index in [4.69, 9.17) is 9.47 Å². The van der Waals surface area contributed by atoms with Gasteiger partial charge in [-0.15, -0.1) is 0 Å². The van der Waals surface area contributed by atoms with Crippen molar-refractivity contribution in [1.29, 1.82) is 0 Å². The molecule has 2 unspecified atom stereocenters. The van der Waals surface area contributed by atoms with Gasteiger partial charge in [0.25, 0.3) is 0 Å². The maximum absolute atomic E-state index is 13.2. The summed E-state index contributed by atoms with van der Waals surface area (Å²) >= 11 is 0. The topological polar surface area (TPSA) is 52.6 Å². The van der Waals surface area contributed by atoms with Crippen molar-refractivity contribution in [2.45, 2.75) is 69.6 Å². The van der Waals surface area contributed by atoms with E-state index in [1.54, 1.807) is 0 Å². The highest BCUT2D eigenvalue weighted by Crippen LogP contribution is 2.61. The fourth-order valence-corrected chi connectivity index (χ4v) is 5.21. The van der Waals surface area contributed by atoms with Crippen LogP contribution < -0.4 is 0 Å². The van der Waals surface area contributed by atoms with Gasteiger partial charge in [0, 0.05) is 6.92 Å². The third-order valence-corrected chi connectivity index (χ3v) is 6.29. The zero-order valence-corrected chi connectivity index (χ0v) is 15.5. The lowest BCUT2D eigenvalue weighted by atomic mass is 9.48. The molecule has 29 heavy (non-hydrogen) atoms. The molecule has 4 aliphatic rings. The van der Waals surface area contributed by atoms with Gasteiger partial charge in [-0.25, -0.2) is 4.79 Å². The second-order valence-electron chi connectivity index (χ2n) is 8.60. The van der Waals surface area contributed by atoms with E-state index in [0.29, 0.717) is 26.2 Å². The molecule has 4 saturated carbocycles. The first kappa shape index (κ1) is 22.1. The van der Waals surface area contributed by atoms with Gasteiger partial charge in [0.1, 0.15) is 6.10 Å². The number of carbonyl (C=O) groups is 2. The van der Waals surface area contributed by atoms with Crippen molar-refractivity contribution in [3.63, 3.8) is 0 Å². The number of rotatable bonds is 6. The molecular weight excluding hydrogens is 413 g/mol. The molecule has 11 heteroatoms. The predicted molar refractivity (Wildman–Crippen MR) is 83.1 cm³/mol. The Morgan fingerprint density at radius 3 is 2.00 bits per heavy atom. The molecule has 166 valence electrons. The monoisotopic (exact) mass is 434 g/mol.